The predicted octanol–water partition coefficient (Wildman–Crippen LogP) is 1.45. The molecule has 122 valence electrons. The lowest BCUT2D eigenvalue weighted by Crippen LogP contribution is -2.24. The number of anilines is 1. The Kier molecular flexibility index (Phi) is 3.82. The molecule has 9 heteroatoms. The number of nitrogens with zero attached hydrogens (tertiary/aromatic N) is 4. The van der Waals surface area contributed by atoms with Crippen LogP contribution < -0.4 is 11.3 Å². The summed E-state index contributed by atoms with van der Waals surface area (Å²) < 4.78 is 2.73. The molecule has 0 spiro atoms. The minimum atomic E-state index is -1.16. The number of rotatable bonds is 3. The van der Waals surface area contributed by atoms with Crippen molar-refractivity contribution < 1.29 is 9.90 Å². The summed E-state index contributed by atoms with van der Waals surface area (Å²) >= 11 is 5.98. The number of nitrogen functional groups attached to an aromatic ring is 1. The predicted molar refractivity (Wildman–Crippen MR) is 90.2 cm³/mol. The minimum absolute atomic E-state index is 0.0714. The molecule has 3 N–H and O–H groups in total. The standard InChI is InChI=1S/C15H12ClN5O3/c1-20-7-8-6-9(2-3-10(8)18-20)21-15(24)13(16)14(17)11(19-21)4-5-12(22)23/h2-7H,17H2,1H3,(H,22,23). The molecule has 0 fully saturated rings. The molecule has 0 saturated carbocycles. The highest BCUT2D eigenvalue weighted by atomic mass is 35.5. The second kappa shape index (κ2) is 5.82. The van der Waals surface area contributed by atoms with E-state index in [9.17, 15) is 9.59 Å². The van der Waals surface area contributed by atoms with Crippen LogP contribution in [0.1, 0.15) is 5.69 Å². The van der Waals surface area contributed by atoms with Gasteiger partial charge >= 0.3 is 5.97 Å². The molecule has 0 saturated heterocycles. The number of aryl methyl sites for hydroxylation is 1. The van der Waals surface area contributed by atoms with E-state index in [1.54, 1.807) is 36.1 Å². The number of carboxylic acid groups (broad SMARTS) is 1. The van der Waals surface area contributed by atoms with Gasteiger partial charge in [-0.2, -0.15) is 14.9 Å². The van der Waals surface area contributed by atoms with Crippen molar-refractivity contribution >= 4 is 40.2 Å². The molecule has 0 aliphatic heterocycles. The molecule has 3 aromatic rings. The number of hydrogen-bond donors (Lipinski definition) is 2. The largest absolute Gasteiger partial charge is 0.478 e. The van der Waals surface area contributed by atoms with Gasteiger partial charge in [0, 0.05) is 24.7 Å². The Morgan fingerprint density at radius 3 is 2.83 bits per heavy atom. The normalized spacial score (nSPS) is 11.4. The van der Waals surface area contributed by atoms with Gasteiger partial charge in [0.25, 0.3) is 5.56 Å². The lowest BCUT2D eigenvalue weighted by Gasteiger charge is -2.09. The molecule has 0 aliphatic carbocycles. The van der Waals surface area contributed by atoms with E-state index >= 15 is 0 Å². The number of benzene rings is 1. The number of aliphatic carboxylic acids is 1. The van der Waals surface area contributed by atoms with E-state index in [-0.39, 0.29) is 16.4 Å². The van der Waals surface area contributed by atoms with E-state index in [1.165, 1.54) is 6.08 Å². The van der Waals surface area contributed by atoms with Crippen molar-refractivity contribution in [2.24, 2.45) is 7.05 Å². The number of halogens is 1. The number of carboxylic acids is 1. The van der Waals surface area contributed by atoms with Crippen LogP contribution >= 0.6 is 11.6 Å². The average Bonchev–Trinajstić information content (AvgIpc) is 2.91. The van der Waals surface area contributed by atoms with Crippen LogP contribution in [0.25, 0.3) is 22.7 Å². The summed E-state index contributed by atoms with van der Waals surface area (Å²) in [6.45, 7) is 0. The molecule has 0 atom stereocenters. The van der Waals surface area contributed by atoms with Crippen molar-refractivity contribution in [3.05, 3.63) is 51.5 Å². The molecular formula is C15H12ClN5O3. The van der Waals surface area contributed by atoms with Crippen molar-refractivity contribution in [1.82, 2.24) is 19.6 Å². The number of fused-ring (bicyclic) bond motifs is 1. The first-order valence-electron chi connectivity index (χ1n) is 6.80. The van der Waals surface area contributed by atoms with Gasteiger partial charge in [-0.15, -0.1) is 0 Å². The fourth-order valence-corrected chi connectivity index (χ4v) is 2.42. The maximum absolute atomic E-state index is 12.3. The van der Waals surface area contributed by atoms with E-state index in [0.717, 1.165) is 21.7 Å². The number of hydrogen-bond acceptors (Lipinski definition) is 5. The van der Waals surface area contributed by atoms with Crippen LogP contribution in [0, 0.1) is 0 Å². The van der Waals surface area contributed by atoms with Gasteiger partial charge in [-0.1, -0.05) is 11.6 Å². The van der Waals surface area contributed by atoms with Gasteiger partial charge in [-0.05, 0) is 24.3 Å². The van der Waals surface area contributed by atoms with Gasteiger partial charge in [0.1, 0.15) is 10.7 Å². The van der Waals surface area contributed by atoms with Gasteiger partial charge in [-0.25, -0.2) is 4.79 Å². The van der Waals surface area contributed by atoms with Crippen molar-refractivity contribution in [1.29, 1.82) is 0 Å². The van der Waals surface area contributed by atoms with Crippen LogP contribution in [0.4, 0.5) is 5.69 Å². The number of aromatic nitrogens is 4. The van der Waals surface area contributed by atoms with E-state index in [0.29, 0.717) is 5.69 Å². The molecule has 2 aromatic heterocycles. The van der Waals surface area contributed by atoms with E-state index in [4.69, 9.17) is 22.4 Å². The maximum Gasteiger partial charge on any atom is 0.328 e. The molecule has 3 rings (SSSR count). The lowest BCUT2D eigenvalue weighted by atomic mass is 10.2. The first-order valence-corrected chi connectivity index (χ1v) is 7.17. The highest BCUT2D eigenvalue weighted by molar-refractivity contribution is 6.33. The van der Waals surface area contributed by atoms with E-state index in [1.807, 2.05) is 0 Å². The summed E-state index contributed by atoms with van der Waals surface area (Å²) in [5.74, 6) is -1.16. The summed E-state index contributed by atoms with van der Waals surface area (Å²) in [5, 5.41) is 17.7. The van der Waals surface area contributed by atoms with Crippen molar-refractivity contribution in [2.75, 3.05) is 5.73 Å². The Morgan fingerprint density at radius 2 is 2.12 bits per heavy atom. The highest BCUT2D eigenvalue weighted by Gasteiger charge is 2.14. The van der Waals surface area contributed by atoms with Gasteiger partial charge < -0.3 is 10.8 Å². The molecular weight excluding hydrogens is 334 g/mol. The van der Waals surface area contributed by atoms with E-state index < -0.39 is 11.5 Å². The third-order valence-corrected chi connectivity index (χ3v) is 3.70. The minimum Gasteiger partial charge on any atom is -0.478 e. The van der Waals surface area contributed by atoms with Gasteiger partial charge in [-0.3, -0.25) is 9.48 Å². The second-order valence-corrected chi connectivity index (χ2v) is 5.43. The quantitative estimate of drug-likeness (QED) is 0.694. The van der Waals surface area contributed by atoms with Crippen molar-refractivity contribution in [3.63, 3.8) is 0 Å². The summed E-state index contributed by atoms with van der Waals surface area (Å²) in [4.78, 5) is 23.0. The molecule has 24 heavy (non-hydrogen) atoms. The third kappa shape index (κ3) is 2.74. The van der Waals surface area contributed by atoms with Gasteiger partial charge in [0.15, 0.2) is 0 Å². The van der Waals surface area contributed by atoms with Crippen LogP contribution in [-0.4, -0.2) is 30.6 Å². The molecule has 0 aliphatic rings. The smallest absolute Gasteiger partial charge is 0.328 e. The molecule has 2 heterocycles. The Balaban J connectivity index is 2.21. The molecule has 1 aromatic carbocycles. The lowest BCUT2D eigenvalue weighted by molar-refractivity contribution is -0.131. The summed E-state index contributed by atoms with van der Waals surface area (Å²) in [6, 6.07) is 5.14. The topological polar surface area (TPSA) is 116 Å². The Labute approximate surface area is 140 Å². The molecule has 0 bridgehead atoms. The third-order valence-electron chi connectivity index (χ3n) is 3.33. The Morgan fingerprint density at radius 1 is 1.38 bits per heavy atom. The first kappa shape index (κ1) is 15.8. The van der Waals surface area contributed by atoms with Crippen LogP contribution in [-0.2, 0) is 11.8 Å². The Bertz CT molecular complexity index is 1050. The first-order chi connectivity index (χ1) is 11.4. The molecule has 0 radical (unpaired) electrons. The zero-order valence-corrected chi connectivity index (χ0v) is 13.2. The summed E-state index contributed by atoms with van der Waals surface area (Å²) in [5.41, 5.74) is 6.40. The molecule has 0 amide bonds. The Hall–Kier alpha value is -3.13. The highest BCUT2D eigenvalue weighted by Crippen LogP contribution is 2.21. The fraction of sp³-hybridized carbons (Fsp3) is 0.0667. The SMILES string of the molecule is Cn1cc2cc(-n3nc(C=CC(=O)O)c(N)c(Cl)c3=O)ccc2n1. The van der Waals surface area contributed by atoms with Crippen molar-refractivity contribution in [3.8, 4) is 5.69 Å². The van der Waals surface area contributed by atoms with E-state index in [2.05, 4.69) is 10.2 Å². The van der Waals surface area contributed by atoms with Gasteiger partial charge in [0.2, 0.25) is 0 Å². The summed E-state index contributed by atoms with van der Waals surface area (Å²) in [7, 11) is 1.79. The van der Waals surface area contributed by atoms with Crippen LogP contribution in [0.3, 0.4) is 0 Å². The summed E-state index contributed by atoms with van der Waals surface area (Å²) in [6.07, 6.45) is 3.85. The monoisotopic (exact) mass is 345 g/mol. The maximum atomic E-state index is 12.3. The fourth-order valence-electron chi connectivity index (χ4n) is 2.24. The number of nitrogens with two attached hydrogens (primary N) is 1. The molecule has 0 unspecified atom stereocenters. The van der Waals surface area contributed by atoms with Crippen LogP contribution in [0.2, 0.25) is 5.02 Å². The zero-order chi connectivity index (χ0) is 17.4. The van der Waals surface area contributed by atoms with Crippen LogP contribution in [0.5, 0.6) is 0 Å². The number of carbonyl (C=O) groups is 1. The molecule has 8 nitrogen and oxygen atoms in total. The van der Waals surface area contributed by atoms with Gasteiger partial charge in [0.05, 0.1) is 16.9 Å². The van der Waals surface area contributed by atoms with Crippen molar-refractivity contribution in [2.45, 2.75) is 0 Å². The second-order valence-electron chi connectivity index (χ2n) is 5.05. The van der Waals surface area contributed by atoms with Crippen LogP contribution in [0.15, 0.2) is 35.3 Å². The average molecular weight is 346 g/mol. The zero-order valence-electron chi connectivity index (χ0n) is 12.5.